The maximum absolute atomic E-state index is 12.2. The number of carboxylic acid groups (broad SMARTS) is 1. The number of amides is 2. The minimum Gasteiger partial charge on any atom is -0.480 e. The van der Waals surface area contributed by atoms with E-state index >= 15 is 0 Å². The van der Waals surface area contributed by atoms with Crippen LogP contribution >= 0.6 is 0 Å². The van der Waals surface area contributed by atoms with E-state index in [1.165, 1.54) is 0 Å². The van der Waals surface area contributed by atoms with Gasteiger partial charge in [0.15, 0.2) is 0 Å². The second-order valence-electron chi connectivity index (χ2n) is 6.81. The van der Waals surface area contributed by atoms with Crippen molar-refractivity contribution in [2.24, 2.45) is 5.92 Å². The van der Waals surface area contributed by atoms with Gasteiger partial charge in [-0.3, -0.25) is 9.69 Å². The predicted octanol–water partition coefficient (Wildman–Crippen LogP) is 0.972. The summed E-state index contributed by atoms with van der Waals surface area (Å²) in [4.78, 5) is 26.6. The highest BCUT2D eigenvalue weighted by atomic mass is 16.4. The van der Waals surface area contributed by atoms with Crippen LogP contribution in [-0.2, 0) is 4.79 Å². The Morgan fingerprint density at radius 2 is 1.91 bits per heavy atom. The molecule has 3 N–H and O–H groups in total. The van der Waals surface area contributed by atoms with E-state index in [2.05, 4.69) is 19.2 Å². The number of carbonyl (C=O) groups excluding carboxylic acids is 1. The number of carboxylic acids is 1. The van der Waals surface area contributed by atoms with Gasteiger partial charge in [-0.1, -0.05) is 20.8 Å². The van der Waals surface area contributed by atoms with Crippen LogP contribution < -0.4 is 5.32 Å². The molecule has 134 valence electrons. The largest absolute Gasteiger partial charge is 0.480 e. The van der Waals surface area contributed by atoms with E-state index < -0.39 is 5.97 Å². The topological polar surface area (TPSA) is 93.1 Å². The van der Waals surface area contributed by atoms with E-state index in [9.17, 15) is 14.7 Å². The van der Waals surface area contributed by atoms with Crippen LogP contribution in [0.25, 0.3) is 0 Å². The molecule has 0 aromatic heterocycles. The van der Waals surface area contributed by atoms with E-state index in [-0.39, 0.29) is 37.3 Å². The third-order valence-corrected chi connectivity index (χ3v) is 4.52. The molecule has 1 aliphatic rings. The summed E-state index contributed by atoms with van der Waals surface area (Å²) in [5, 5.41) is 21.3. The van der Waals surface area contributed by atoms with Crippen LogP contribution in [0.5, 0.6) is 0 Å². The van der Waals surface area contributed by atoms with E-state index in [1.54, 1.807) is 11.9 Å². The summed E-state index contributed by atoms with van der Waals surface area (Å²) in [6.45, 7) is 6.76. The van der Waals surface area contributed by atoms with Gasteiger partial charge in [-0.15, -0.1) is 0 Å². The third kappa shape index (κ3) is 5.99. The molecule has 0 aliphatic heterocycles. The van der Waals surface area contributed by atoms with E-state index in [4.69, 9.17) is 5.11 Å². The van der Waals surface area contributed by atoms with Crippen LogP contribution in [0.15, 0.2) is 0 Å². The fourth-order valence-electron chi connectivity index (χ4n) is 3.02. The highest BCUT2D eigenvalue weighted by Gasteiger charge is 2.35. The van der Waals surface area contributed by atoms with Gasteiger partial charge in [0.05, 0.1) is 19.2 Å². The van der Waals surface area contributed by atoms with E-state index in [0.717, 1.165) is 19.3 Å². The van der Waals surface area contributed by atoms with Gasteiger partial charge in [-0.05, 0) is 31.7 Å². The normalized spacial score (nSPS) is 21.9. The lowest BCUT2D eigenvalue weighted by Gasteiger charge is -2.43. The number of carbonyl (C=O) groups is 2. The lowest BCUT2D eigenvalue weighted by atomic mass is 9.85. The minimum absolute atomic E-state index is 0.0440. The summed E-state index contributed by atoms with van der Waals surface area (Å²) >= 11 is 0. The number of urea groups is 1. The van der Waals surface area contributed by atoms with Crippen molar-refractivity contribution < 1.29 is 19.8 Å². The number of nitrogens with one attached hydrogen (secondary N) is 1. The van der Waals surface area contributed by atoms with Crippen LogP contribution in [0.3, 0.4) is 0 Å². The lowest BCUT2D eigenvalue weighted by molar-refractivity contribution is -0.139. The van der Waals surface area contributed by atoms with Crippen molar-refractivity contribution in [3.63, 3.8) is 0 Å². The zero-order valence-electron chi connectivity index (χ0n) is 14.7. The predicted molar refractivity (Wildman–Crippen MR) is 88.3 cm³/mol. The number of aliphatic carboxylic acids is 1. The molecular weight excluding hydrogens is 298 g/mol. The van der Waals surface area contributed by atoms with Gasteiger partial charge < -0.3 is 20.4 Å². The quantitative estimate of drug-likeness (QED) is 0.586. The molecule has 1 rings (SSSR count). The smallest absolute Gasteiger partial charge is 0.317 e. The lowest BCUT2D eigenvalue weighted by Crippen LogP contribution is -2.57. The van der Waals surface area contributed by atoms with Gasteiger partial charge in [0.1, 0.15) is 0 Å². The summed E-state index contributed by atoms with van der Waals surface area (Å²) < 4.78 is 0. The van der Waals surface area contributed by atoms with Crippen molar-refractivity contribution in [2.45, 2.75) is 58.2 Å². The number of hydrogen-bond donors (Lipinski definition) is 3. The summed E-state index contributed by atoms with van der Waals surface area (Å²) in [6, 6.07) is -0.0494. The fraction of sp³-hybridized carbons (Fsp3) is 0.875. The number of aliphatic hydroxyl groups is 1. The molecule has 23 heavy (non-hydrogen) atoms. The molecule has 1 fully saturated rings. The molecule has 0 bridgehead atoms. The molecule has 0 spiro atoms. The van der Waals surface area contributed by atoms with Crippen molar-refractivity contribution in [3.05, 3.63) is 0 Å². The van der Waals surface area contributed by atoms with Gasteiger partial charge in [-0.25, -0.2) is 4.79 Å². The SMILES string of the molecule is CCN(CC(=O)O)C1CC(NC(=O)N(C)C(CO)CC(C)C)C1. The molecule has 0 aromatic rings. The Hall–Kier alpha value is -1.34. The number of rotatable bonds is 9. The molecule has 0 heterocycles. The fourth-order valence-corrected chi connectivity index (χ4v) is 3.02. The van der Waals surface area contributed by atoms with Crippen molar-refractivity contribution >= 4 is 12.0 Å². The van der Waals surface area contributed by atoms with Crippen molar-refractivity contribution in [1.82, 2.24) is 15.1 Å². The van der Waals surface area contributed by atoms with Crippen LogP contribution in [0.1, 0.15) is 40.0 Å². The second-order valence-corrected chi connectivity index (χ2v) is 6.81. The average Bonchev–Trinajstić information content (AvgIpc) is 2.44. The monoisotopic (exact) mass is 329 g/mol. The maximum atomic E-state index is 12.2. The van der Waals surface area contributed by atoms with Gasteiger partial charge in [0.2, 0.25) is 0 Å². The van der Waals surface area contributed by atoms with Crippen LogP contribution in [-0.4, -0.2) is 76.9 Å². The maximum Gasteiger partial charge on any atom is 0.317 e. The number of aliphatic hydroxyl groups excluding tert-OH is 1. The van der Waals surface area contributed by atoms with Crippen molar-refractivity contribution in [2.75, 3.05) is 26.7 Å². The molecule has 0 radical (unpaired) electrons. The first-order valence-corrected chi connectivity index (χ1v) is 8.38. The highest BCUT2D eigenvalue weighted by molar-refractivity contribution is 5.74. The molecule has 1 saturated carbocycles. The minimum atomic E-state index is -0.821. The second kappa shape index (κ2) is 9.08. The Morgan fingerprint density at radius 1 is 1.30 bits per heavy atom. The van der Waals surface area contributed by atoms with Crippen LogP contribution in [0.4, 0.5) is 4.79 Å². The zero-order chi connectivity index (χ0) is 17.6. The summed E-state index contributed by atoms with van der Waals surface area (Å²) in [6.07, 6.45) is 2.30. The van der Waals surface area contributed by atoms with E-state index in [0.29, 0.717) is 12.5 Å². The highest BCUT2D eigenvalue weighted by Crippen LogP contribution is 2.25. The van der Waals surface area contributed by atoms with Crippen LogP contribution in [0.2, 0.25) is 0 Å². The van der Waals surface area contributed by atoms with E-state index in [1.807, 2.05) is 11.8 Å². The Labute approximate surface area is 138 Å². The van der Waals surface area contributed by atoms with Crippen molar-refractivity contribution in [1.29, 1.82) is 0 Å². The van der Waals surface area contributed by atoms with Gasteiger partial charge in [-0.2, -0.15) is 0 Å². The average molecular weight is 329 g/mol. The first-order chi connectivity index (χ1) is 10.8. The summed E-state index contributed by atoms with van der Waals surface area (Å²) in [5.74, 6) is -0.414. The Morgan fingerprint density at radius 3 is 2.35 bits per heavy atom. The van der Waals surface area contributed by atoms with Crippen LogP contribution in [0, 0.1) is 5.92 Å². The molecule has 7 nitrogen and oxygen atoms in total. The first-order valence-electron chi connectivity index (χ1n) is 8.38. The molecule has 1 aliphatic carbocycles. The Balaban J connectivity index is 2.41. The molecule has 2 amide bonds. The molecular formula is C16H31N3O4. The van der Waals surface area contributed by atoms with Gasteiger partial charge in [0.25, 0.3) is 0 Å². The molecule has 0 aromatic carbocycles. The molecule has 1 unspecified atom stereocenters. The number of likely N-dealkylation sites (N-methyl/N-ethyl adjacent to an activating group) is 2. The van der Waals surface area contributed by atoms with Gasteiger partial charge in [0, 0.05) is 19.1 Å². The molecule has 7 heteroatoms. The number of hydrogen-bond acceptors (Lipinski definition) is 4. The zero-order valence-corrected chi connectivity index (χ0v) is 14.7. The molecule has 1 atom stereocenters. The van der Waals surface area contributed by atoms with Gasteiger partial charge >= 0.3 is 12.0 Å². The first kappa shape index (κ1) is 19.7. The van der Waals surface area contributed by atoms with Crippen molar-refractivity contribution in [3.8, 4) is 0 Å². The summed E-state index contributed by atoms with van der Waals surface area (Å²) in [5.41, 5.74) is 0. The number of nitrogens with zero attached hydrogens (tertiary/aromatic N) is 2. The third-order valence-electron chi connectivity index (χ3n) is 4.52. The standard InChI is InChI=1S/C16H31N3O4/c1-5-19(9-15(21)22)13-7-12(8-13)17-16(23)18(4)14(10-20)6-11(2)3/h11-14,20H,5-10H2,1-4H3,(H,17,23)(H,21,22). The Bertz CT molecular complexity index is 397. The Kier molecular flexibility index (Phi) is 7.78. The molecule has 0 saturated heterocycles. The summed E-state index contributed by atoms with van der Waals surface area (Å²) in [7, 11) is 1.71.